The van der Waals surface area contributed by atoms with Crippen LogP contribution in [0.4, 0.5) is 0 Å². The Morgan fingerprint density at radius 1 is 1.12 bits per heavy atom. The van der Waals surface area contributed by atoms with Gasteiger partial charge in [-0.2, -0.15) is 0 Å². The van der Waals surface area contributed by atoms with E-state index in [1.165, 1.54) is 19.6 Å². The fraction of sp³-hybridized carbons (Fsp3) is 0.769. The summed E-state index contributed by atoms with van der Waals surface area (Å²) in [5.41, 5.74) is 0.573. The molecule has 0 radical (unpaired) electrons. The van der Waals surface area contributed by atoms with Gasteiger partial charge in [-0.25, -0.2) is 0 Å². The summed E-state index contributed by atoms with van der Waals surface area (Å²) in [7, 11) is 0. The maximum absolute atomic E-state index is 10.7. The summed E-state index contributed by atoms with van der Waals surface area (Å²) in [6.45, 7) is 18.4. The van der Waals surface area contributed by atoms with E-state index in [9.17, 15) is 4.79 Å². The van der Waals surface area contributed by atoms with E-state index in [4.69, 9.17) is 0 Å². The Balaban J connectivity index is -0.000000224. The molecule has 4 heteroatoms. The molecule has 0 aliphatic carbocycles. The average molecular weight is 265 g/mol. The van der Waals surface area contributed by atoms with Gasteiger partial charge in [-0.3, -0.25) is 4.79 Å². The van der Waals surface area contributed by atoms with Crippen molar-refractivity contribution >= 4 is 5.91 Å². The summed E-state index contributed by atoms with van der Waals surface area (Å²) in [6.07, 6.45) is 0.971. The number of nitrogens with one attached hydrogen (secondary N) is 2. The van der Waals surface area contributed by atoms with Gasteiger partial charge in [0.25, 0.3) is 0 Å². The molecule has 0 saturated heterocycles. The largest absolute Gasteiger partial charge is 1.00 e. The first kappa shape index (κ1) is 21.7. The van der Waals surface area contributed by atoms with Crippen LogP contribution in [0.3, 0.4) is 0 Å². The topological polar surface area (TPSA) is 33.5 Å². The Labute approximate surface area is 113 Å². The summed E-state index contributed by atoms with van der Waals surface area (Å²) in [6, 6.07) is 0. The summed E-state index contributed by atoms with van der Waals surface area (Å²) < 4.78 is 0. The number of carbonyl (C=O) groups excluding carboxylic acids is 1. The van der Waals surface area contributed by atoms with Crippen molar-refractivity contribution < 1.29 is 22.1 Å². The van der Waals surface area contributed by atoms with Crippen LogP contribution in [0.5, 0.6) is 0 Å². The molecule has 2 N–H and O–H groups in total. The van der Waals surface area contributed by atoms with E-state index >= 15 is 0 Å². The fourth-order valence-electron chi connectivity index (χ4n) is 1.14. The monoisotopic (exact) mass is 264 g/mol. The quantitative estimate of drug-likeness (QED) is 0.536. The molecule has 3 nitrogen and oxygen atoms in total. The number of carbonyl (C=O) groups is 1. The highest BCUT2D eigenvalue weighted by Gasteiger charge is 1.96. The van der Waals surface area contributed by atoms with Crippen molar-refractivity contribution in [1.82, 2.24) is 5.32 Å². The van der Waals surface area contributed by atoms with Crippen LogP contribution in [0.1, 0.15) is 41.0 Å². The Kier molecular flexibility index (Phi) is 19.7. The molecular formula is C13H29ClN2O. The van der Waals surface area contributed by atoms with E-state index < -0.39 is 0 Å². The van der Waals surface area contributed by atoms with E-state index in [0.717, 1.165) is 13.0 Å². The Hall–Kier alpha value is -0.540. The third-order valence-corrected chi connectivity index (χ3v) is 2.42. The van der Waals surface area contributed by atoms with Crippen LogP contribution in [0.2, 0.25) is 0 Å². The average Bonchev–Trinajstić information content (AvgIpc) is 2.29. The number of hydrogen-bond donors (Lipinski definition) is 2. The van der Waals surface area contributed by atoms with Gasteiger partial charge in [0, 0.05) is 12.1 Å². The molecule has 0 unspecified atom stereocenters. The van der Waals surface area contributed by atoms with Crippen LogP contribution in [0, 0.1) is 0 Å². The molecule has 0 atom stereocenters. The molecule has 0 aliphatic heterocycles. The number of hydrogen-bond acceptors (Lipinski definition) is 1. The second-order valence-electron chi connectivity index (χ2n) is 3.85. The van der Waals surface area contributed by atoms with Crippen molar-refractivity contribution in [3.05, 3.63) is 12.2 Å². The van der Waals surface area contributed by atoms with E-state index in [1.807, 2.05) is 6.92 Å². The number of amides is 1. The fourth-order valence-corrected chi connectivity index (χ4v) is 1.14. The molecule has 0 aromatic carbocycles. The first-order valence-corrected chi connectivity index (χ1v) is 6.30. The highest BCUT2D eigenvalue weighted by Crippen LogP contribution is 1.84. The molecule has 17 heavy (non-hydrogen) atoms. The zero-order chi connectivity index (χ0) is 13.0. The zero-order valence-corrected chi connectivity index (χ0v) is 12.8. The molecule has 0 aromatic heterocycles. The molecule has 0 spiro atoms. The minimum atomic E-state index is -0.0446. The Bertz CT molecular complexity index is 186. The normalized spacial score (nSPS) is 8.82. The van der Waals surface area contributed by atoms with Gasteiger partial charge < -0.3 is 22.6 Å². The third-order valence-electron chi connectivity index (χ3n) is 2.42. The standard InChI is InChI=1S/C7H13NO.C6H15N.ClH/c1-4-5-8-7(9)6(2)3;1-4-7(5-2)6-3;/h2,4-5H2,1,3H3,(H,8,9);4-6H2,1-3H3;1H. The lowest BCUT2D eigenvalue weighted by Crippen LogP contribution is -3.11. The Morgan fingerprint density at radius 3 is 1.71 bits per heavy atom. The molecular weight excluding hydrogens is 236 g/mol. The molecule has 0 aromatic rings. The van der Waals surface area contributed by atoms with Crippen LogP contribution in [0.25, 0.3) is 0 Å². The lowest BCUT2D eigenvalue weighted by atomic mass is 10.3. The van der Waals surface area contributed by atoms with Crippen LogP contribution in [-0.2, 0) is 4.79 Å². The van der Waals surface area contributed by atoms with Gasteiger partial charge in [0.05, 0.1) is 19.6 Å². The highest BCUT2D eigenvalue weighted by atomic mass is 35.5. The van der Waals surface area contributed by atoms with E-state index in [1.54, 1.807) is 11.8 Å². The second-order valence-corrected chi connectivity index (χ2v) is 3.85. The number of rotatable bonds is 6. The molecule has 0 fully saturated rings. The van der Waals surface area contributed by atoms with E-state index in [-0.39, 0.29) is 18.3 Å². The van der Waals surface area contributed by atoms with Gasteiger partial charge in [-0.1, -0.05) is 13.5 Å². The van der Waals surface area contributed by atoms with Gasteiger partial charge in [0.15, 0.2) is 0 Å². The van der Waals surface area contributed by atoms with Crippen molar-refractivity contribution in [2.75, 3.05) is 26.2 Å². The molecule has 0 bridgehead atoms. The molecule has 1 amide bonds. The molecule has 0 aliphatic rings. The lowest BCUT2D eigenvalue weighted by Gasteiger charge is -2.10. The second kappa shape index (κ2) is 15.5. The van der Waals surface area contributed by atoms with Gasteiger partial charge in [0.1, 0.15) is 0 Å². The SMILES string of the molecule is C=C(C)C(=O)NCCC.CC[NH+](CC)CC.[Cl-]. The molecule has 0 rings (SSSR count). The van der Waals surface area contributed by atoms with Crippen LogP contribution in [-0.4, -0.2) is 32.1 Å². The molecule has 0 heterocycles. The Morgan fingerprint density at radius 2 is 1.53 bits per heavy atom. The molecule has 0 saturated carbocycles. The van der Waals surface area contributed by atoms with Gasteiger partial charge >= 0.3 is 0 Å². The lowest BCUT2D eigenvalue weighted by molar-refractivity contribution is -0.894. The van der Waals surface area contributed by atoms with E-state index in [2.05, 4.69) is 32.7 Å². The van der Waals surface area contributed by atoms with Crippen molar-refractivity contribution in [2.24, 2.45) is 0 Å². The number of halogens is 1. The van der Waals surface area contributed by atoms with E-state index in [0.29, 0.717) is 5.57 Å². The highest BCUT2D eigenvalue weighted by molar-refractivity contribution is 5.91. The van der Waals surface area contributed by atoms with Crippen LogP contribution in [0.15, 0.2) is 12.2 Å². The van der Waals surface area contributed by atoms with Gasteiger partial charge in [-0.05, 0) is 34.1 Å². The third kappa shape index (κ3) is 15.5. The summed E-state index contributed by atoms with van der Waals surface area (Å²) in [5, 5.41) is 2.69. The van der Waals surface area contributed by atoms with Gasteiger partial charge in [0.2, 0.25) is 5.91 Å². The van der Waals surface area contributed by atoms with Crippen molar-refractivity contribution in [2.45, 2.75) is 41.0 Å². The first-order valence-electron chi connectivity index (χ1n) is 6.30. The summed E-state index contributed by atoms with van der Waals surface area (Å²) >= 11 is 0. The zero-order valence-electron chi connectivity index (χ0n) is 12.0. The predicted octanol–water partition coefficient (Wildman–Crippen LogP) is -1.98. The molecule has 104 valence electrons. The summed E-state index contributed by atoms with van der Waals surface area (Å²) in [4.78, 5) is 12.4. The van der Waals surface area contributed by atoms with Crippen molar-refractivity contribution in [3.63, 3.8) is 0 Å². The minimum Gasteiger partial charge on any atom is -1.00 e. The van der Waals surface area contributed by atoms with Crippen molar-refractivity contribution in [3.8, 4) is 0 Å². The van der Waals surface area contributed by atoms with Crippen LogP contribution < -0.4 is 22.6 Å². The maximum Gasteiger partial charge on any atom is 0.246 e. The first-order chi connectivity index (χ1) is 7.53. The maximum atomic E-state index is 10.7. The van der Waals surface area contributed by atoms with Crippen molar-refractivity contribution in [1.29, 1.82) is 0 Å². The van der Waals surface area contributed by atoms with Crippen LogP contribution >= 0.6 is 0 Å². The summed E-state index contributed by atoms with van der Waals surface area (Å²) in [5.74, 6) is -0.0446. The smallest absolute Gasteiger partial charge is 0.246 e. The minimum absolute atomic E-state index is 0. The predicted molar refractivity (Wildman–Crippen MR) is 70.7 cm³/mol. The number of quaternary nitrogens is 1. The van der Waals surface area contributed by atoms with Gasteiger partial charge in [-0.15, -0.1) is 0 Å².